The number of halogens is 2. The minimum Gasteiger partial charge on any atom is -0.328 e. The third-order valence-electron chi connectivity index (χ3n) is 5.27. The lowest BCUT2D eigenvalue weighted by Gasteiger charge is -2.30. The van der Waals surface area contributed by atoms with E-state index in [1.807, 2.05) is 25.1 Å². The molecule has 0 radical (unpaired) electrons. The van der Waals surface area contributed by atoms with Crippen LogP contribution in [0.3, 0.4) is 0 Å². The summed E-state index contributed by atoms with van der Waals surface area (Å²) in [5, 5.41) is 4.01. The van der Waals surface area contributed by atoms with E-state index >= 15 is 0 Å². The van der Waals surface area contributed by atoms with E-state index in [4.69, 9.17) is 11.6 Å². The van der Waals surface area contributed by atoms with Crippen molar-refractivity contribution in [2.45, 2.75) is 19.5 Å². The molecule has 0 aliphatic rings. The van der Waals surface area contributed by atoms with E-state index in [1.54, 1.807) is 41.7 Å². The van der Waals surface area contributed by atoms with Crippen molar-refractivity contribution in [2.75, 3.05) is 5.32 Å². The molecule has 0 aliphatic carbocycles. The van der Waals surface area contributed by atoms with E-state index in [9.17, 15) is 14.0 Å². The molecule has 162 valence electrons. The van der Waals surface area contributed by atoms with Crippen LogP contribution >= 0.6 is 11.6 Å². The van der Waals surface area contributed by atoms with E-state index in [2.05, 4.69) is 15.3 Å². The van der Waals surface area contributed by atoms with Gasteiger partial charge in [-0.1, -0.05) is 35.9 Å². The fourth-order valence-electron chi connectivity index (χ4n) is 3.59. The second kappa shape index (κ2) is 9.20. The lowest BCUT2D eigenvalue weighted by atomic mass is 10.0. The number of H-pyrrole nitrogens is 1. The largest absolute Gasteiger partial charge is 0.328 e. The highest BCUT2D eigenvalue weighted by Gasteiger charge is 2.24. The number of nitrogens with one attached hydrogen (secondary N) is 2. The summed E-state index contributed by atoms with van der Waals surface area (Å²) in [5.74, 6) is -0.565. The normalized spacial score (nSPS) is 11.8. The number of hydrogen-bond acceptors (Lipinski definition) is 3. The van der Waals surface area contributed by atoms with Crippen LogP contribution in [0, 0.1) is 5.82 Å². The monoisotopic (exact) mass is 450 g/mol. The molecule has 2 aromatic carbocycles. The first-order valence-corrected chi connectivity index (χ1v) is 10.3. The van der Waals surface area contributed by atoms with Gasteiger partial charge in [0.2, 0.25) is 0 Å². The molecule has 0 saturated carbocycles. The maximum Gasteiger partial charge on any atom is 0.322 e. The second-order valence-corrected chi connectivity index (χ2v) is 7.75. The first kappa shape index (κ1) is 21.5. The van der Waals surface area contributed by atoms with Crippen LogP contribution < -0.4 is 10.9 Å². The molecule has 0 saturated heterocycles. The van der Waals surface area contributed by atoms with Gasteiger partial charge in [-0.15, -0.1) is 0 Å². The summed E-state index contributed by atoms with van der Waals surface area (Å²) in [6, 6.07) is 14.1. The highest BCUT2D eigenvalue weighted by molar-refractivity contribution is 6.31. The first-order chi connectivity index (χ1) is 15.4. The number of fused-ring (bicyclic) bond motifs is 1. The highest BCUT2D eigenvalue weighted by Crippen LogP contribution is 2.28. The van der Waals surface area contributed by atoms with Crippen molar-refractivity contribution in [3.63, 3.8) is 0 Å². The van der Waals surface area contributed by atoms with Gasteiger partial charge in [-0.05, 0) is 53.8 Å². The number of pyridine rings is 2. The number of rotatable bonds is 5. The van der Waals surface area contributed by atoms with Crippen molar-refractivity contribution in [3.8, 4) is 0 Å². The van der Waals surface area contributed by atoms with Crippen LogP contribution in [0.1, 0.15) is 24.1 Å². The Labute approximate surface area is 188 Å². The maximum atomic E-state index is 13.5. The standard InChI is InChI=1S/C24H20ClFN4O2/c1-15(20-13-28-23(31)19-7-3-2-6-18(19)20)30(14-16-5-4-10-27-12-16)24(32)29-17-8-9-22(26)21(25)11-17/h2-13,15H,14H2,1H3,(H,28,31)(H,29,32)/t15-/m1/s1. The van der Waals surface area contributed by atoms with E-state index in [1.165, 1.54) is 18.2 Å². The van der Waals surface area contributed by atoms with Gasteiger partial charge in [0.05, 0.1) is 11.1 Å². The van der Waals surface area contributed by atoms with Gasteiger partial charge in [-0.3, -0.25) is 9.78 Å². The van der Waals surface area contributed by atoms with Gasteiger partial charge in [0.1, 0.15) is 5.82 Å². The van der Waals surface area contributed by atoms with Crippen molar-refractivity contribution in [1.82, 2.24) is 14.9 Å². The van der Waals surface area contributed by atoms with E-state index in [-0.39, 0.29) is 17.1 Å². The number of benzene rings is 2. The fraction of sp³-hybridized carbons (Fsp3) is 0.125. The number of urea groups is 1. The summed E-state index contributed by atoms with van der Waals surface area (Å²) in [6.45, 7) is 2.15. The number of hydrogen-bond donors (Lipinski definition) is 2. The Morgan fingerprint density at radius 2 is 1.97 bits per heavy atom. The van der Waals surface area contributed by atoms with Crippen LogP contribution in [0.2, 0.25) is 5.02 Å². The molecule has 2 aromatic heterocycles. The number of aromatic nitrogens is 2. The summed E-state index contributed by atoms with van der Waals surface area (Å²) < 4.78 is 13.5. The minimum atomic E-state index is -0.565. The highest BCUT2D eigenvalue weighted by atomic mass is 35.5. The van der Waals surface area contributed by atoms with Crippen LogP contribution in [-0.4, -0.2) is 20.9 Å². The molecule has 0 bridgehead atoms. The van der Waals surface area contributed by atoms with Gasteiger partial charge in [0.15, 0.2) is 0 Å². The number of nitrogens with zero attached hydrogens (tertiary/aromatic N) is 2. The Morgan fingerprint density at radius 3 is 2.69 bits per heavy atom. The van der Waals surface area contributed by atoms with E-state index < -0.39 is 17.9 Å². The molecule has 0 aliphatic heterocycles. The molecular weight excluding hydrogens is 431 g/mol. The lowest BCUT2D eigenvalue weighted by Crippen LogP contribution is -2.37. The van der Waals surface area contributed by atoms with Gasteiger partial charge in [-0.2, -0.15) is 0 Å². The van der Waals surface area contributed by atoms with Crippen molar-refractivity contribution < 1.29 is 9.18 Å². The number of carbonyl (C=O) groups is 1. The zero-order valence-corrected chi connectivity index (χ0v) is 17.9. The third-order valence-corrected chi connectivity index (χ3v) is 5.56. The number of anilines is 1. The van der Waals surface area contributed by atoms with Gasteiger partial charge in [0, 0.05) is 36.2 Å². The van der Waals surface area contributed by atoms with Crippen molar-refractivity contribution >= 4 is 34.1 Å². The maximum absolute atomic E-state index is 13.5. The molecular formula is C24H20ClFN4O2. The summed E-state index contributed by atoms with van der Waals surface area (Å²) >= 11 is 5.86. The predicted octanol–water partition coefficient (Wildman–Crippen LogP) is 5.51. The molecule has 0 spiro atoms. The summed E-state index contributed by atoms with van der Waals surface area (Å²) in [6.07, 6.45) is 4.98. The Morgan fingerprint density at radius 1 is 1.19 bits per heavy atom. The topological polar surface area (TPSA) is 78.1 Å². The van der Waals surface area contributed by atoms with E-state index in [0.717, 1.165) is 16.5 Å². The van der Waals surface area contributed by atoms with Gasteiger partial charge in [0.25, 0.3) is 5.56 Å². The van der Waals surface area contributed by atoms with Gasteiger partial charge < -0.3 is 15.2 Å². The third kappa shape index (κ3) is 4.48. The summed E-state index contributed by atoms with van der Waals surface area (Å²) in [7, 11) is 0. The lowest BCUT2D eigenvalue weighted by molar-refractivity contribution is 0.189. The molecule has 2 heterocycles. The molecule has 6 nitrogen and oxygen atoms in total. The van der Waals surface area contributed by atoms with Crippen LogP contribution in [-0.2, 0) is 6.54 Å². The SMILES string of the molecule is C[C@H](c1c[nH]c(=O)c2ccccc12)N(Cc1cccnc1)C(=O)Nc1ccc(F)c(Cl)c1. The second-order valence-electron chi connectivity index (χ2n) is 7.34. The zero-order chi connectivity index (χ0) is 22.7. The summed E-state index contributed by atoms with van der Waals surface area (Å²) in [4.78, 5) is 34.1. The minimum absolute atomic E-state index is 0.0821. The van der Waals surface area contributed by atoms with Crippen molar-refractivity contribution in [2.24, 2.45) is 0 Å². The molecule has 4 aromatic rings. The van der Waals surface area contributed by atoms with Crippen LogP contribution in [0.15, 0.2) is 78.0 Å². The van der Waals surface area contributed by atoms with Gasteiger partial charge in [-0.25, -0.2) is 9.18 Å². The molecule has 32 heavy (non-hydrogen) atoms. The average molecular weight is 451 g/mol. The average Bonchev–Trinajstić information content (AvgIpc) is 2.80. The Hall–Kier alpha value is -3.71. The number of carbonyl (C=O) groups excluding carboxylic acids is 1. The number of aromatic amines is 1. The zero-order valence-electron chi connectivity index (χ0n) is 17.2. The predicted molar refractivity (Wildman–Crippen MR) is 123 cm³/mol. The van der Waals surface area contributed by atoms with Crippen LogP contribution in [0.4, 0.5) is 14.9 Å². The number of amides is 2. The Kier molecular flexibility index (Phi) is 6.18. The van der Waals surface area contributed by atoms with Crippen molar-refractivity contribution in [3.05, 3.63) is 106 Å². The molecule has 1 atom stereocenters. The van der Waals surface area contributed by atoms with Crippen LogP contribution in [0.25, 0.3) is 10.8 Å². The Balaban J connectivity index is 1.72. The van der Waals surface area contributed by atoms with Crippen molar-refractivity contribution in [1.29, 1.82) is 0 Å². The molecule has 0 unspecified atom stereocenters. The molecule has 4 rings (SSSR count). The molecule has 0 fully saturated rings. The smallest absolute Gasteiger partial charge is 0.322 e. The van der Waals surface area contributed by atoms with E-state index in [0.29, 0.717) is 11.1 Å². The van der Waals surface area contributed by atoms with Gasteiger partial charge >= 0.3 is 6.03 Å². The Bertz CT molecular complexity index is 1330. The molecule has 8 heteroatoms. The summed E-state index contributed by atoms with van der Waals surface area (Å²) in [5.41, 5.74) is 1.80. The fourth-order valence-corrected chi connectivity index (χ4v) is 3.77. The molecule has 2 amide bonds. The quantitative estimate of drug-likeness (QED) is 0.420. The molecule has 2 N–H and O–H groups in total. The first-order valence-electron chi connectivity index (χ1n) is 9.96. The van der Waals surface area contributed by atoms with Crippen LogP contribution in [0.5, 0.6) is 0 Å².